The molecule has 94 valence electrons. The first-order chi connectivity index (χ1) is 8.04. The molecule has 1 aromatic rings. The minimum Gasteiger partial charge on any atom is -0.394 e. The van der Waals surface area contributed by atoms with E-state index >= 15 is 0 Å². The normalized spacial score (nSPS) is 32.9. The van der Waals surface area contributed by atoms with Crippen LogP contribution >= 0.6 is 0 Å². The number of aliphatic hydroxyl groups excluding tert-OH is 3. The largest absolute Gasteiger partial charge is 0.491 e. The van der Waals surface area contributed by atoms with Crippen LogP contribution in [0.2, 0.25) is 0 Å². The summed E-state index contributed by atoms with van der Waals surface area (Å²) >= 11 is 0. The number of nitro groups is 1. The summed E-state index contributed by atoms with van der Waals surface area (Å²) in [5, 5.41) is 41.8. The average molecular weight is 246 g/mol. The molecule has 0 aliphatic carbocycles. The standard InChI is InChI=1S/C7H10N4O6/c12-1-3-4(13)5(14)6(17-3)10-2-8-7(9-10)11(15)16/h2-6,12-14H,1H2/t3-,4-,5-,6-/m1/s1. The van der Waals surface area contributed by atoms with Crippen molar-refractivity contribution >= 4 is 5.95 Å². The first-order valence-corrected chi connectivity index (χ1v) is 4.72. The molecule has 10 nitrogen and oxygen atoms in total. The van der Waals surface area contributed by atoms with E-state index in [0.717, 1.165) is 11.0 Å². The van der Waals surface area contributed by atoms with Crippen LogP contribution in [0.1, 0.15) is 6.23 Å². The molecule has 17 heavy (non-hydrogen) atoms. The number of aromatic nitrogens is 3. The predicted molar refractivity (Wildman–Crippen MR) is 49.7 cm³/mol. The van der Waals surface area contributed by atoms with E-state index in [1.807, 2.05) is 0 Å². The van der Waals surface area contributed by atoms with Gasteiger partial charge >= 0.3 is 5.95 Å². The number of hydrogen-bond acceptors (Lipinski definition) is 8. The second-order valence-electron chi connectivity index (χ2n) is 3.51. The highest BCUT2D eigenvalue weighted by atomic mass is 16.6. The fourth-order valence-corrected chi connectivity index (χ4v) is 1.57. The molecule has 0 aromatic carbocycles. The van der Waals surface area contributed by atoms with Crippen molar-refractivity contribution < 1.29 is 25.0 Å². The molecular weight excluding hydrogens is 236 g/mol. The zero-order chi connectivity index (χ0) is 12.6. The van der Waals surface area contributed by atoms with Gasteiger partial charge in [-0.2, -0.15) is 0 Å². The molecule has 0 saturated carbocycles. The maximum absolute atomic E-state index is 10.4. The lowest BCUT2D eigenvalue weighted by molar-refractivity contribution is -0.394. The van der Waals surface area contributed by atoms with Gasteiger partial charge in [0.15, 0.2) is 6.23 Å². The molecular formula is C7H10N4O6. The highest BCUT2D eigenvalue weighted by molar-refractivity contribution is 4.99. The number of ether oxygens (including phenoxy) is 1. The van der Waals surface area contributed by atoms with Gasteiger partial charge in [0.1, 0.15) is 18.3 Å². The summed E-state index contributed by atoms with van der Waals surface area (Å²) in [5.41, 5.74) is 0. The number of aliphatic hydroxyl groups is 3. The van der Waals surface area contributed by atoms with Gasteiger partial charge in [-0.15, -0.1) is 4.68 Å². The summed E-state index contributed by atoms with van der Waals surface area (Å²) < 4.78 is 6.03. The van der Waals surface area contributed by atoms with Crippen molar-refractivity contribution in [2.45, 2.75) is 24.5 Å². The lowest BCUT2D eigenvalue weighted by Gasteiger charge is -2.11. The van der Waals surface area contributed by atoms with Crippen molar-refractivity contribution in [3.8, 4) is 0 Å². The molecule has 0 spiro atoms. The Labute approximate surface area is 94.2 Å². The Kier molecular flexibility index (Phi) is 3.02. The summed E-state index contributed by atoms with van der Waals surface area (Å²) in [4.78, 5) is 13.0. The number of nitrogens with zero attached hydrogens (tertiary/aromatic N) is 4. The Morgan fingerprint density at radius 3 is 2.71 bits per heavy atom. The van der Waals surface area contributed by atoms with E-state index < -0.39 is 42.0 Å². The lowest BCUT2D eigenvalue weighted by Crippen LogP contribution is -2.33. The molecule has 4 atom stereocenters. The van der Waals surface area contributed by atoms with Crippen LogP contribution in [0.4, 0.5) is 5.95 Å². The van der Waals surface area contributed by atoms with Gasteiger partial charge in [0, 0.05) is 5.10 Å². The molecule has 2 heterocycles. The molecule has 0 unspecified atom stereocenters. The van der Waals surface area contributed by atoms with E-state index in [4.69, 9.17) is 9.84 Å². The molecule has 3 N–H and O–H groups in total. The van der Waals surface area contributed by atoms with Gasteiger partial charge in [0.05, 0.1) is 6.61 Å². The van der Waals surface area contributed by atoms with Crippen molar-refractivity contribution in [1.29, 1.82) is 0 Å². The van der Waals surface area contributed by atoms with Gasteiger partial charge in [-0.05, 0) is 4.92 Å². The number of rotatable bonds is 3. The van der Waals surface area contributed by atoms with E-state index in [-0.39, 0.29) is 0 Å². The van der Waals surface area contributed by atoms with Gasteiger partial charge in [0.2, 0.25) is 6.33 Å². The maximum atomic E-state index is 10.4. The summed E-state index contributed by atoms with van der Waals surface area (Å²) in [7, 11) is 0. The van der Waals surface area contributed by atoms with Gasteiger partial charge in [-0.1, -0.05) is 4.98 Å². The molecule has 1 fully saturated rings. The summed E-state index contributed by atoms with van der Waals surface area (Å²) in [6, 6.07) is 0. The molecule has 1 saturated heterocycles. The Bertz CT molecular complexity index is 422. The van der Waals surface area contributed by atoms with Gasteiger partial charge in [-0.25, -0.2) is 0 Å². The van der Waals surface area contributed by atoms with Crippen LogP contribution in [-0.4, -0.2) is 59.9 Å². The quantitative estimate of drug-likeness (QED) is 0.402. The van der Waals surface area contributed by atoms with Gasteiger partial charge in [0.25, 0.3) is 0 Å². The van der Waals surface area contributed by atoms with Crippen LogP contribution < -0.4 is 0 Å². The van der Waals surface area contributed by atoms with E-state index in [9.17, 15) is 20.3 Å². The van der Waals surface area contributed by atoms with Crippen molar-refractivity contribution in [2.24, 2.45) is 0 Å². The fourth-order valence-electron chi connectivity index (χ4n) is 1.57. The first-order valence-electron chi connectivity index (χ1n) is 4.72. The third kappa shape index (κ3) is 1.98. The van der Waals surface area contributed by atoms with Crippen molar-refractivity contribution in [3.05, 3.63) is 16.4 Å². The van der Waals surface area contributed by atoms with Crippen LogP contribution in [0.3, 0.4) is 0 Å². The van der Waals surface area contributed by atoms with E-state index in [2.05, 4.69) is 10.1 Å². The topological polar surface area (TPSA) is 144 Å². The Morgan fingerprint density at radius 2 is 2.24 bits per heavy atom. The molecule has 1 aliphatic heterocycles. The SMILES string of the molecule is O=[N+]([O-])c1ncn([C@@H]2O[C@H](CO)[C@@H](O)[C@H]2O)n1. The smallest absolute Gasteiger partial charge is 0.394 e. The van der Waals surface area contributed by atoms with E-state index in [1.165, 1.54) is 0 Å². The third-order valence-electron chi connectivity index (χ3n) is 2.44. The maximum Gasteiger partial charge on any atom is 0.491 e. The van der Waals surface area contributed by atoms with E-state index in [0.29, 0.717) is 0 Å². The zero-order valence-corrected chi connectivity index (χ0v) is 8.45. The summed E-state index contributed by atoms with van der Waals surface area (Å²) in [6.45, 7) is -0.481. The van der Waals surface area contributed by atoms with Crippen molar-refractivity contribution in [2.75, 3.05) is 6.61 Å². The molecule has 0 radical (unpaired) electrons. The second-order valence-corrected chi connectivity index (χ2v) is 3.51. The van der Waals surface area contributed by atoms with Crippen LogP contribution in [0, 0.1) is 10.1 Å². The Balaban J connectivity index is 2.19. The molecule has 1 aromatic heterocycles. The average Bonchev–Trinajstić information content (AvgIpc) is 2.87. The monoisotopic (exact) mass is 246 g/mol. The molecule has 0 bridgehead atoms. The highest BCUT2D eigenvalue weighted by Gasteiger charge is 2.45. The third-order valence-corrected chi connectivity index (χ3v) is 2.44. The second kappa shape index (κ2) is 4.33. The minimum absolute atomic E-state index is 0.481. The van der Waals surface area contributed by atoms with Gasteiger partial charge < -0.3 is 30.2 Å². The van der Waals surface area contributed by atoms with Gasteiger partial charge in [-0.3, -0.25) is 0 Å². The fraction of sp³-hybridized carbons (Fsp3) is 0.714. The Hall–Kier alpha value is -1.62. The van der Waals surface area contributed by atoms with Crippen molar-refractivity contribution in [3.63, 3.8) is 0 Å². The van der Waals surface area contributed by atoms with Crippen LogP contribution in [0.5, 0.6) is 0 Å². The summed E-state index contributed by atoms with van der Waals surface area (Å²) in [6.07, 6.45) is -3.68. The Morgan fingerprint density at radius 1 is 1.53 bits per heavy atom. The highest BCUT2D eigenvalue weighted by Crippen LogP contribution is 2.28. The lowest BCUT2D eigenvalue weighted by atomic mass is 10.1. The molecule has 10 heteroatoms. The predicted octanol–water partition coefficient (Wildman–Crippen LogP) is -2.20. The van der Waals surface area contributed by atoms with Crippen LogP contribution in [0.25, 0.3) is 0 Å². The number of hydrogen-bond donors (Lipinski definition) is 3. The van der Waals surface area contributed by atoms with Crippen LogP contribution in [-0.2, 0) is 4.74 Å². The molecule has 1 aliphatic rings. The van der Waals surface area contributed by atoms with Crippen LogP contribution in [0.15, 0.2) is 6.33 Å². The van der Waals surface area contributed by atoms with E-state index in [1.54, 1.807) is 0 Å². The minimum atomic E-state index is -1.34. The van der Waals surface area contributed by atoms with Crippen molar-refractivity contribution in [1.82, 2.24) is 14.8 Å². The zero-order valence-electron chi connectivity index (χ0n) is 8.45. The first kappa shape index (κ1) is 11.9. The summed E-state index contributed by atoms with van der Waals surface area (Å²) in [5.74, 6) is -0.636. The molecule has 2 rings (SSSR count). The molecule has 0 amide bonds.